The molecule has 1 aliphatic heterocycles. The first-order valence-electron chi connectivity index (χ1n) is 12.8. The minimum Gasteiger partial charge on any atom is -0.481 e. The lowest BCUT2D eigenvalue weighted by molar-refractivity contribution is -0.273. The van der Waals surface area contributed by atoms with Crippen molar-refractivity contribution in [3.8, 4) is 0 Å². The summed E-state index contributed by atoms with van der Waals surface area (Å²) in [6.07, 6.45) is 7.59. The molecule has 0 unspecified atom stereocenters. The number of unbranched alkanes of at least 4 members (excludes halogenated alkanes) is 6. The van der Waals surface area contributed by atoms with E-state index in [0.717, 1.165) is 62.3 Å². The molecule has 1 aliphatic rings. The topological polar surface area (TPSA) is 118 Å². The van der Waals surface area contributed by atoms with Gasteiger partial charge in [0.2, 0.25) is 0 Å². The summed E-state index contributed by atoms with van der Waals surface area (Å²) in [5.41, 5.74) is 1.33. The van der Waals surface area contributed by atoms with E-state index in [9.17, 15) is 14.7 Å². The maximum absolute atomic E-state index is 12.7. The van der Waals surface area contributed by atoms with Crippen molar-refractivity contribution in [2.75, 3.05) is 0 Å². The first kappa shape index (κ1) is 27.2. The van der Waals surface area contributed by atoms with E-state index in [1.807, 2.05) is 38.1 Å². The highest BCUT2D eigenvalue weighted by Crippen LogP contribution is 2.27. The van der Waals surface area contributed by atoms with Gasteiger partial charge in [-0.3, -0.25) is 4.79 Å². The number of carbonyl (C=O) groups excluding carboxylic acids is 1. The van der Waals surface area contributed by atoms with Crippen molar-refractivity contribution in [3.63, 3.8) is 0 Å². The molecule has 0 spiro atoms. The van der Waals surface area contributed by atoms with Crippen molar-refractivity contribution < 1.29 is 34.0 Å². The second-order valence-corrected chi connectivity index (χ2v) is 9.56. The van der Waals surface area contributed by atoms with Crippen LogP contribution in [0.5, 0.6) is 0 Å². The number of benzene rings is 1. The Labute approximate surface area is 207 Å². The van der Waals surface area contributed by atoms with Gasteiger partial charge in [0.1, 0.15) is 12.2 Å². The highest BCUT2D eigenvalue weighted by Gasteiger charge is 2.38. The van der Waals surface area contributed by atoms with Gasteiger partial charge in [-0.15, -0.1) is 0 Å². The second kappa shape index (κ2) is 13.6. The highest BCUT2D eigenvalue weighted by molar-refractivity contribution is 6.04. The second-order valence-electron chi connectivity index (χ2n) is 9.56. The first-order valence-corrected chi connectivity index (χ1v) is 12.8. The molecule has 194 valence electrons. The predicted molar refractivity (Wildman–Crippen MR) is 132 cm³/mol. The number of nitrogens with one attached hydrogen (secondary N) is 1. The van der Waals surface area contributed by atoms with Crippen LogP contribution in [0.4, 0.5) is 0 Å². The Morgan fingerprint density at radius 3 is 2.54 bits per heavy atom. The van der Waals surface area contributed by atoms with Gasteiger partial charge in [-0.2, -0.15) is 0 Å². The van der Waals surface area contributed by atoms with E-state index in [4.69, 9.17) is 19.3 Å². The average Bonchev–Trinajstić information content (AvgIpc) is 3.25. The fourth-order valence-electron chi connectivity index (χ4n) is 4.53. The van der Waals surface area contributed by atoms with E-state index < -0.39 is 36.5 Å². The molecule has 0 amide bonds. The number of esters is 1. The van der Waals surface area contributed by atoms with Crippen LogP contribution in [-0.2, 0) is 19.0 Å². The number of aromatic amines is 1. The van der Waals surface area contributed by atoms with Crippen LogP contribution in [0.1, 0.15) is 88.4 Å². The van der Waals surface area contributed by atoms with Gasteiger partial charge in [0.15, 0.2) is 6.29 Å². The Bertz CT molecular complexity index is 943. The van der Waals surface area contributed by atoms with E-state index in [-0.39, 0.29) is 18.9 Å². The molecular formula is C27H39NO7. The Kier molecular flexibility index (Phi) is 10.6. The highest BCUT2D eigenvalue weighted by atomic mass is 16.7. The molecule has 2 heterocycles. The number of carboxylic acid groups (broad SMARTS) is 1. The van der Waals surface area contributed by atoms with E-state index in [1.165, 1.54) is 0 Å². The van der Waals surface area contributed by atoms with Crippen LogP contribution in [0.2, 0.25) is 0 Å². The van der Waals surface area contributed by atoms with Crippen LogP contribution in [0.25, 0.3) is 10.9 Å². The van der Waals surface area contributed by atoms with Gasteiger partial charge in [0.05, 0.1) is 17.8 Å². The van der Waals surface area contributed by atoms with Gasteiger partial charge < -0.3 is 29.4 Å². The number of aliphatic carboxylic acids is 1. The number of ether oxygens (including phenoxy) is 3. The minimum atomic E-state index is -0.875. The Balaban J connectivity index is 1.34. The maximum atomic E-state index is 12.7. The van der Waals surface area contributed by atoms with Crippen molar-refractivity contribution in [1.82, 2.24) is 4.98 Å². The Hall–Kier alpha value is -2.42. The first-order chi connectivity index (χ1) is 16.8. The van der Waals surface area contributed by atoms with E-state index in [1.54, 1.807) is 6.20 Å². The number of H-pyrrole nitrogens is 1. The number of fused-ring (bicyclic) bond motifs is 1. The number of para-hydroxylation sites is 1. The van der Waals surface area contributed by atoms with Gasteiger partial charge in [-0.05, 0) is 32.8 Å². The van der Waals surface area contributed by atoms with Crippen molar-refractivity contribution in [2.24, 2.45) is 0 Å². The Morgan fingerprint density at radius 1 is 1.11 bits per heavy atom. The third-order valence-corrected chi connectivity index (χ3v) is 6.60. The van der Waals surface area contributed by atoms with E-state index in [0.29, 0.717) is 5.56 Å². The average molecular weight is 490 g/mol. The Morgan fingerprint density at radius 2 is 1.80 bits per heavy atom. The number of hydrogen-bond acceptors (Lipinski definition) is 6. The van der Waals surface area contributed by atoms with Crippen molar-refractivity contribution >= 4 is 22.8 Å². The van der Waals surface area contributed by atoms with Crippen molar-refractivity contribution in [3.05, 3.63) is 36.0 Å². The SMILES string of the molecule is C[C@H](CCCCCCCCCC(=O)O)O[C@@H]1O[C@@H](C)[C@H](OC(=O)c2c[nH]c3ccccc23)C[C@H]1O. The molecule has 35 heavy (non-hydrogen) atoms. The molecule has 3 rings (SSSR count). The molecule has 0 radical (unpaired) electrons. The third-order valence-electron chi connectivity index (χ3n) is 6.60. The van der Waals surface area contributed by atoms with Gasteiger partial charge in [-0.25, -0.2) is 4.79 Å². The number of carbonyl (C=O) groups is 2. The van der Waals surface area contributed by atoms with E-state index >= 15 is 0 Å². The molecule has 1 aromatic carbocycles. The summed E-state index contributed by atoms with van der Waals surface area (Å²) in [6.45, 7) is 3.81. The van der Waals surface area contributed by atoms with Crippen LogP contribution in [-0.4, -0.2) is 57.8 Å². The van der Waals surface area contributed by atoms with Gasteiger partial charge in [0, 0.05) is 29.9 Å². The number of rotatable bonds is 14. The summed E-state index contributed by atoms with van der Waals surface area (Å²) in [5, 5.41) is 20.0. The molecule has 0 aliphatic carbocycles. The number of hydrogen-bond donors (Lipinski definition) is 3. The lowest BCUT2D eigenvalue weighted by atomic mass is 10.0. The lowest BCUT2D eigenvalue weighted by Gasteiger charge is -2.38. The monoisotopic (exact) mass is 489 g/mol. The molecule has 8 heteroatoms. The summed E-state index contributed by atoms with van der Waals surface area (Å²) in [5.74, 6) is -1.16. The number of aromatic nitrogens is 1. The van der Waals surface area contributed by atoms with Crippen molar-refractivity contribution in [1.29, 1.82) is 0 Å². The van der Waals surface area contributed by atoms with Crippen LogP contribution in [0.3, 0.4) is 0 Å². The maximum Gasteiger partial charge on any atom is 0.340 e. The quantitative estimate of drug-likeness (QED) is 0.247. The summed E-state index contributed by atoms with van der Waals surface area (Å²) in [6, 6.07) is 7.54. The number of carboxylic acids is 1. The van der Waals surface area contributed by atoms with Crippen LogP contribution in [0, 0.1) is 0 Å². The number of aliphatic hydroxyl groups is 1. The van der Waals surface area contributed by atoms with Crippen LogP contribution < -0.4 is 0 Å². The largest absolute Gasteiger partial charge is 0.481 e. The van der Waals surface area contributed by atoms with Gasteiger partial charge in [0.25, 0.3) is 0 Å². The van der Waals surface area contributed by atoms with Crippen molar-refractivity contribution in [2.45, 2.75) is 109 Å². The zero-order chi connectivity index (χ0) is 25.2. The predicted octanol–water partition coefficient (Wildman–Crippen LogP) is 5.19. The molecule has 1 fully saturated rings. The summed E-state index contributed by atoms with van der Waals surface area (Å²) in [7, 11) is 0. The van der Waals surface area contributed by atoms with Crippen LogP contribution >= 0.6 is 0 Å². The molecule has 1 aromatic heterocycles. The summed E-state index contributed by atoms with van der Waals surface area (Å²) < 4.78 is 17.5. The number of aliphatic hydroxyl groups excluding tert-OH is 1. The molecular weight excluding hydrogens is 450 g/mol. The molecule has 8 nitrogen and oxygen atoms in total. The normalized spacial score (nSPS) is 23.3. The minimum absolute atomic E-state index is 0.0530. The molecule has 5 atom stereocenters. The molecule has 0 saturated carbocycles. The zero-order valence-electron chi connectivity index (χ0n) is 20.8. The molecule has 3 N–H and O–H groups in total. The standard InChI is InChI=1S/C27H39NO7/c1-18(12-8-6-4-3-5-7-9-15-25(30)31)33-27-23(29)16-24(19(2)34-27)35-26(32)21-17-28-22-14-11-10-13-20(21)22/h10-11,13-14,17-19,23-24,27-29H,3-9,12,15-16H2,1-2H3,(H,30,31)/t18-,19+,23-,24-,27-/m1/s1. The lowest BCUT2D eigenvalue weighted by Crippen LogP contribution is -2.49. The van der Waals surface area contributed by atoms with Crippen LogP contribution in [0.15, 0.2) is 30.5 Å². The smallest absolute Gasteiger partial charge is 0.340 e. The van der Waals surface area contributed by atoms with E-state index in [2.05, 4.69) is 4.98 Å². The summed E-state index contributed by atoms with van der Waals surface area (Å²) in [4.78, 5) is 26.3. The molecule has 0 bridgehead atoms. The van der Waals surface area contributed by atoms with Gasteiger partial charge >= 0.3 is 11.9 Å². The zero-order valence-corrected chi connectivity index (χ0v) is 20.8. The molecule has 2 aromatic rings. The summed E-state index contributed by atoms with van der Waals surface area (Å²) >= 11 is 0. The fourth-order valence-corrected chi connectivity index (χ4v) is 4.53. The third kappa shape index (κ3) is 8.33. The van der Waals surface area contributed by atoms with Gasteiger partial charge in [-0.1, -0.05) is 56.7 Å². The fraction of sp³-hybridized carbons (Fsp3) is 0.630. The molecule has 1 saturated heterocycles.